The minimum absolute atomic E-state index is 0.129. The summed E-state index contributed by atoms with van der Waals surface area (Å²) in [5.74, 6) is 0.209. The monoisotopic (exact) mass is 206 g/mol. The van der Waals surface area contributed by atoms with Crippen LogP contribution in [0, 0.1) is 5.92 Å². The largest absolute Gasteiger partial charge is 0.469 e. The lowest BCUT2D eigenvalue weighted by Gasteiger charge is -2.16. The summed E-state index contributed by atoms with van der Waals surface area (Å²) in [7, 11) is 1.44. The quantitative estimate of drug-likeness (QED) is 0.708. The van der Waals surface area contributed by atoms with E-state index in [2.05, 4.69) is 13.8 Å². The summed E-state index contributed by atoms with van der Waals surface area (Å²) in [5, 5.41) is 0. The van der Waals surface area contributed by atoms with Crippen LogP contribution >= 0.6 is 0 Å². The van der Waals surface area contributed by atoms with E-state index in [0.29, 0.717) is 5.92 Å². The lowest BCUT2D eigenvalue weighted by atomic mass is 9.90. The number of esters is 1. The topological polar surface area (TPSA) is 26.3 Å². The molecule has 1 unspecified atom stereocenters. The lowest BCUT2D eigenvalue weighted by molar-refractivity contribution is -0.142. The first kappa shape index (κ1) is 11.8. The summed E-state index contributed by atoms with van der Waals surface area (Å²) >= 11 is 0. The molecule has 0 saturated carbocycles. The highest BCUT2D eigenvalue weighted by atomic mass is 16.5. The second-order valence-corrected chi connectivity index (χ2v) is 4.12. The number of ether oxygens (including phenoxy) is 1. The van der Waals surface area contributed by atoms with Gasteiger partial charge in [-0.25, -0.2) is 0 Å². The maximum Gasteiger partial charge on any atom is 0.313 e. The minimum Gasteiger partial charge on any atom is -0.469 e. The SMILES string of the molecule is COC(=O)C(CC(C)C)c1ccccc1. The number of carbonyl (C=O) groups is 1. The molecule has 0 amide bonds. The summed E-state index contributed by atoms with van der Waals surface area (Å²) in [6.45, 7) is 4.22. The van der Waals surface area contributed by atoms with Crippen LogP contribution in [0.25, 0.3) is 0 Å². The third kappa shape index (κ3) is 3.39. The smallest absolute Gasteiger partial charge is 0.313 e. The molecule has 0 aliphatic heterocycles. The van der Waals surface area contributed by atoms with Gasteiger partial charge >= 0.3 is 5.97 Å². The molecule has 1 aromatic carbocycles. The maximum absolute atomic E-state index is 11.6. The average molecular weight is 206 g/mol. The van der Waals surface area contributed by atoms with Gasteiger partial charge in [-0.2, -0.15) is 0 Å². The molecule has 0 aliphatic rings. The zero-order chi connectivity index (χ0) is 11.3. The summed E-state index contributed by atoms with van der Waals surface area (Å²) in [4.78, 5) is 11.6. The Hall–Kier alpha value is -1.31. The van der Waals surface area contributed by atoms with E-state index < -0.39 is 0 Å². The molecule has 0 radical (unpaired) electrons. The third-order valence-electron chi connectivity index (χ3n) is 2.39. The van der Waals surface area contributed by atoms with Crippen LogP contribution in [0.15, 0.2) is 30.3 Å². The van der Waals surface area contributed by atoms with Crippen molar-refractivity contribution in [3.63, 3.8) is 0 Å². The first-order chi connectivity index (χ1) is 7.15. The van der Waals surface area contributed by atoms with Gasteiger partial charge in [0.05, 0.1) is 13.0 Å². The van der Waals surface area contributed by atoms with E-state index in [0.717, 1.165) is 12.0 Å². The van der Waals surface area contributed by atoms with Gasteiger partial charge in [0.2, 0.25) is 0 Å². The van der Waals surface area contributed by atoms with E-state index >= 15 is 0 Å². The average Bonchev–Trinajstić information content (AvgIpc) is 2.26. The molecular weight excluding hydrogens is 188 g/mol. The van der Waals surface area contributed by atoms with Gasteiger partial charge in [0.1, 0.15) is 0 Å². The zero-order valence-electron chi connectivity index (χ0n) is 9.57. The van der Waals surface area contributed by atoms with E-state index in [1.165, 1.54) is 7.11 Å². The molecule has 15 heavy (non-hydrogen) atoms. The number of hydrogen-bond acceptors (Lipinski definition) is 2. The van der Waals surface area contributed by atoms with Crippen molar-refractivity contribution < 1.29 is 9.53 Å². The Bertz CT molecular complexity index is 304. The maximum atomic E-state index is 11.6. The highest BCUT2D eigenvalue weighted by molar-refractivity contribution is 5.77. The first-order valence-electron chi connectivity index (χ1n) is 5.28. The Morgan fingerprint density at radius 1 is 1.27 bits per heavy atom. The van der Waals surface area contributed by atoms with Gasteiger partial charge in [0.25, 0.3) is 0 Å². The Labute approximate surface area is 91.3 Å². The summed E-state index contributed by atoms with van der Waals surface area (Å²) < 4.78 is 4.83. The third-order valence-corrected chi connectivity index (χ3v) is 2.39. The van der Waals surface area contributed by atoms with Crippen molar-refractivity contribution in [2.75, 3.05) is 7.11 Å². The second kappa shape index (κ2) is 5.54. The lowest BCUT2D eigenvalue weighted by Crippen LogP contribution is -2.16. The molecular formula is C13H18O2. The van der Waals surface area contributed by atoms with Crippen molar-refractivity contribution >= 4 is 5.97 Å². The van der Waals surface area contributed by atoms with Crippen LogP contribution in [0.1, 0.15) is 31.7 Å². The van der Waals surface area contributed by atoms with E-state index in [1.807, 2.05) is 30.3 Å². The van der Waals surface area contributed by atoms with Crippen molar-refractivity contribution in [2.24, 2.45) is 5.92 Å². The summed E-state index contributed by atoms with van der Waals surface area (Å²) in [6, 6.07) is 9.80. The predicted molar refractivity (Wildman–Crippen MR) is 60.7 cm³/mol. The molecule has 0 saturated heterocycles. The highest BCUT2D eigenvalue weighted by Gasteiger charge is 2.21. The van der Waals surface area contributed by atoms with Gasteiger partial charge in [-0.05, 0) is 17.9 Å². The summed E-state index contributed by atoms with van der Waals surface area (Å²) in [6.07, 6.45) is 0.830. The van der Waals surface area contributed by atoms with E-state index in [9.17, 15) is 4.79 Å². The molecule has 0 N–H and O–H groups in total. The van der Waals surface area contributed by atoms with Gasteiger partial charge in [0, 0.05) is 0 Å². The van der Waals surface area contributed by atoms with Gasteiger partial charge in [-0.1, -0.05) is 44.2 Å². The molecule has 82 valence electrons. The fraction of sp³-hybridized carbons (Fsp3) is 0.462. The number of carbonyl (C=O) groups excluding carboxylic acids is 1. The van der Waals surface area contributed by atoms with E-state index in [-0.39, 0.29) is 11.9 Å². The standard InChI is InChI=1S/C13H18O2/c1-10(2)9-12(13(14)15-3)11-7-5-4-6-8-11/h4-8,10,12H,9H2,1-3H3. The molecule has 0 aliphatic carbocycles. The van der Waals surface area contributed by atoms with Crippen LogP contribution in [-0.4, -0.2) is 13.1 Å². The van der Waals surface area contributed by atoms with Crippen LogP contribution in [0.2, 0.25) is 0 Å². The summed E-state index contributed by atoms with van der Waals surface area (Å²) in [5.41, 5.74) is 1.04. The highest BCUT2D eigenvalue weighted by Crippen LogP contribution is 2.24. The van der Waals surface area contributed by atoms with Crippen LogP contribution in [0.3, 0.4) is 0 Å². The van der Waals surface area contributed by atoms with E-state index in [1.54, 1.807) is 0 Å². The fourth-order valence-corrected chi connectivity index (χ4v) is 1.67. The Morgan fingerprint density at radius 2 is 1.87 bits per heavy atom. The molecule has 1 atom stereocenters. The minimum atomic E-state index is -0.144. The Morgan fingerprint density at radius 3 is 2.33 bits per heavy atom. The molecule has 0 spiro atoms. The van der Waals surface area contributed by atoms with Crippen molar-refractivity contribution in [1.29, 1.82) is 0 Å². The van der Waals surface area contributed by atoms with Crippen LogP contribution < -0.4 is 0 Å². The van der Waals surface area contributed by atoms with Crippen LogP contribution in [0.5, 0.6) is 0 Å². The molecule has 2 heteroatoms. The fourth-order valence-electron chi connectivity index (χ4n) is 1.67. The van der Waals surface area contributed by atoms with Gasteiger partial charge in [-0.15, -0.1) is 0 Å². The number of methoxy groups -OCH3 is 1. The Balaban J connectivity index is 2.86. The van der Waals surface area contributed by atoms with Crippen LogP contribution in [-0.2, 0) is 9.53 Å². The molecule has 0 bridgehead atoms. The van der Waals surface area contributed by atoms with Gasteiger partial charge in [-0.3, -0.25) is 4.79 Å². The molecule has 1 rings (SSSR count). The van der Waals surface area contributed by atoms with Crippen LogP contribution in [0.4, 0.5) is 0 Å². The molecule has 2 nitrogen and oxygen atoms in total. The van der Waals surface area contributed by atoms with Gasteiger partial charge in [0.15, 0.2) is 0 Å². The number of hydrogen-bond donors (Lipinski definition) is 0. The zero-order valence-corrected chi connectivity index (χ0v) is 9.57. The first-order valence-corrected chi connectivity index (χ1v) is 5.28. The van der Waals surface area contributed by atoms with Crippen molar-refractivity contribution in [3.05, 3.63) is 35.9 Å². The number of benzene rings is 1. The Kier molecular flexibility index (Phi) is 4.35. The number of rotatable bonds is 4. The molecule has 0 fully saturated rings. The normalized spacial score (nSPS) is 12.5. The molecule has 0 aromatic heterocycles. The predicted octanol–water partition coefficient (Wildman–Crippen LogP) is 2.99. The van der Waals surface area contributed by atoms with E-state index in [4.69, 9.17) is 4.74 Å². The van der Waals surface area contributed by atoms with Crippen molar-refractivity contribution in [2.45, 2.75) is 26.2 Å². The molecule has 1 aromatic rings. The van der Waals surface area contributed by atoms with Crippen molar-refractivity contribution in [3.8, 4) is 0 Å². The second-order valence-electron chi connectivity index (χ2n) is 4.12. The van der Waals surface area contributed by atoms with Gasteiger partial charge < -0.3 is 4.74 Å². The molecule has 0 heterocycles. The van der Waals surface area contributed by atoms with Crippen molar-refractivity contribution in [1.82, 2.24) is 0 Å².